The van der Waals surface area contributed by atoms with E-state index in [0.29, 0.717) is 0 Å². The number of hydrogen-bond acceptors (Lipinski definition) is 2. The van der Waals surface area contributed by atoms with Crippen molar-refractivity contribution in [2.75, 3.05) is 0 Å². The van der Waals surface area contributed by atoms with Gasteiger partial charge in [-0.3, -0.25) is 9.48 Å². The van der Waals surface area contributed by atoms with Crippen molar-refractivity contribution < 1.29 is 9.90 Å². The Morgan fingerprint density at radius 3 is 2.67 bits per heavy atom. The van der Waals surface area contributed by atoms with E-state index < -0.39 is 5.97 Å². The molecular formula is C11H16N2O2. The number of aryl methyl sites for hydroxylation is 2. The first-order valence-electron chi connectivity index (χ1n) is 5.33. The Morgan fingerprint density at radius 2 is 2.27 bits per heavy atom. The molecule has 4 nitrogen and oxygen atoms in total. The van der Waals surface area contributed by atoms with Gasteiger partial charge in [0, 0.05) is 18.2 Å². The van der Waals surface area contributed by atoms with Crippen molar-refractivity contribution in [1.82, 2.24) is 9.78 Å². The minimum atomic E-state index is -0.678. The molecule has 82 valence electrons. The van der Waals surface area contributed by atoms with Crippen molar-refractivity contribution in [3.63, 3.8) is 0 Å². The van der Waals surface area contributed by atoms with Crippen molar-refractivity contribution in [1.29, 1.82) is 0 Å². The highest BCUT2D eigenvalue weighted by Gasteiger charge is 2.46. The van der Waals surface area contributed by atoms with Crippen LogP contribution in [0.25, 0.3) is 0 Å². The van der Waals surface area contributed by atoms with Crippen LogP contribution in [0.3, 0.4) is 0 Å². The molecule has 0 saturated heterocycles. The van der Waals surface area contributed by atoms with E-state index >= 15 is 0 Å². The third-order valence-corrected chi connectivity index (χ3v) is 3.22. The highest BCUT2D eigenvalue weighted by molar-refractivity contribution is 5.75. The fraction of sp³-hybridized carbons (Fsp3) is 0.636. The summed E-state index contributed by atoms with van der Waals surface area (Å²) in [6.07, 6.45) is 0.770. The molecule has 0 spiro atoms. The summed E-state index contributed by atoms with van der Waals surface area (Å²) >= 11 is 0. The zero-order chi connectivity index (χ0) is 11.2. The second-order valence-electron chi connectivity index (χ2n) is 4.19. The van der Waals surface area contributed by atoms with Gasteiger partial charge in [0.1, 0.15) is 0 Å². The summed E-state index contributed by atoms with van der Waals surface area (Å²) in [7, 11) is 0. The van der Waals surface area contributed by atoms with Gasteiger partial charge in [0.15, 0.2) is 0 Å². The Balaban J connectivity index is 2.30. The van der Waals surface area contributed by atoms with Gasteiger partial charge < -0.3 is 5.11 Å². The lowest BCUT2D eigenvalue weighted by Gasteiger charge is -2.01. The van der Waals surface area contributed by atoms with Crippen LogP contribution in [0.1, 0.15) is 36.2 Å². The van der Waals surface area contributed by atoms with E-state index in [2.05, 4.69) is 5.10 Å². The van der Waals surface area contributed by atoms with Gasteiger partial charge in [-0.25, -0.2) is 0 Å². The monoisotopic (exact) mass is 208 g/mol. The molecule has 1 aromatic rings. The summed E-state index contributed by atoms with van der Waals surface area (Å²) in [4.78, 5) is 10.8. The summed E-state index contributed by atoms with van der Waals surface area (Å²) < 4.78 is 1.95. The molecule has 0 aliphatic heterocycles. The van der Waals surface area contributed by atoms with Gasteiger partial charge in [0.2, 0.25) is 0 Å². The number of rotatable bonds is 3. The lowest BCUT2D eigenvalue weighted by molar-refractivity contribution is -0.138. The Bertz CT molecular complexity index is 409. The largest absolute Gasteiger partial charge is 0.481 e. The summed E-state index contributed by atoms with van der Waals surface area (Å²) in [5.41, 5.74) is 3.27. The maximum Gasteiger partial charge on any atom is 0.307 e. The highest BCUT2D eigenvalue weighted by Crippen LogP contribution is 2.49. The molecule has 2 unspecified atom stereocenters. The van der Waals surface area contributed by atoms with Crippen LogP contribution in [-0.4, -0.2) is 20.9 Å². The van der Waals surface area contributed by atoms with Crippen LogP contribution in [0, 0.1) is 19.8 Å². The molecule has 2 rings (SSSR count). The standard InChI is InChI=1S/C11H16N2O2/c1-4-13-7(3)10(6(2)12-13)8-5-9(8)11(14)15/h8-9H,4-5H2,1-3H3,(H,14,15). The van der Waals surface area contributed by atoms with Crippen LogP contribution < -0.4 is 0 Å². The summed E-state index contributed by atoms with van der Waals surface area (Å²) in [5, 5.41) is 13.3. The minimum Gasteiger partial charge on any atom is -0.481 e. The number of hydrogen-bond donors (Lipinski definition) is 1. The van der Waals surface area contributed by atoms with Crippen LogP contribution >= 0.6 is 0 Å². The molecule has 4 heteroatoms. The lowest BCUT2D eigenvalue weighted by Crippen LogP contribution is -2.01. The molecule has 1 aliphatic rings. The van der Waals surface area contributed by atoms with Crippen molar-refractivity contribution >= 4 is 5.97 Å². The second kappa shape index (κ2) is 3.36. The number of carboxylic acid groups (broad SMARTS) is 1. The molecule has 1 aromatic heterocycles. The zero-order valence-corrected chi connectivity index (χ0v) is 9.32. The molecule has 2 atom stereocenters. The quantitative estimate of drug-likeness (QED) is 0.822. The number of carbonyl (C=O) groups is 1. The number of nitrogens with zero attached hydrogens (tertiary/aromatic N) is 2. The molecular weight excluding hydrogens is 192 g/mol. The van der Waals surface area contributed by atoms with E-state index in [1.807, 2.05) is 25.5 Å². The molecule has 15 heavy (non-hydrogen) atoms. The van der Waals surface area contributed by atoms with Gasteiger partial charge in [-0.1, -0.05) is 0 Å². The Hall–Kier alpha value is -1.32. The van der Waals surface area contributed by atoms with Crippen molar-refractivity contribution in [2.45, 2.75) is 39.7 Å². The third kappa shape index (κ3) is 1.54. The van der Waals surface area contributed by atoms with E-state index in [9.17, 15) is 4.79 Å². The number of aromatic nitrogens is 2. The Kier molecular flexibility index (Phi) is 2.29. The molecule has 0 bridgehead atoms. The molecule has 1 N–H and O–H groups in total. The second-order valence-corrected chi connectivity index (χ2v) is 4.19. The first-order valence-corrected chi connectivity index (χ1v) is 5.33. The first-order chi connectivity index (χ1) is 7.06. The average molecular weight is 208 g/mol. The van der Waals surface area contributed by atoms with Gasteiger partial charge >= 0.3 is 5.97 Å². The van der Waals surface area contributed by atoms with E-state index in [1.54, 1.807) is 0 Å². The van der Waals surface area contributed by atoms with Gasteiger partial charge in [0.05, 0.1) is 11.6 Å². The fourth-order valence-electron chi connectivity index (χ4n) is 2.34. The molecule has 0 aromatic carbocycles. The molecule has 0 amide bonds. The van der Waals surface area contributed by atoms with E-state index in [1.165, 1.54) is 0 Å². The predicted molar refractivity (Wildman–Crippen MR) is 55.9 cm³/mol. The van der Waals surface area contributed by atoms with Crippen LogP contribution in [-0.2, 0) is 11.3 Å². The predicted octanol–water partition coefficient (Wildman–Crippen LogP) is 1.71. The smallest absolute Gasteiger partial charge is 0.307 e. The first kappa shape index (κ1) is 10.2. The minimum absolute atomic E-state index is 0.183. The van der Waals surface area contributed by atoms with Gasteiger partial charge in [0.25, 0.3) is 0 Å². The SMILES string of the molecule is CCn1nc(C)c(C2CC2C(=O)O)c1C. The van der Waals surface area contributed by atoms with Crippen molar-refractivity contribution in [3.05, 3.63) is 17.0 Å². The fourth-order valence-corrected chi connectivity index (χ4v) is 2.34. The van der Waals surface area contributed by atoms with E-state index in [-0.39, 0.29) is 11.8 Å². The van der Waals surface area contributed by atoms with Crippen LogP contribution in [0.2, 0.25) is 0 Å². The molecule has 1 heterocycles. The van der Waals surface area contributed by atoms with Crippen molar-refractivity contribution in [2.24, 2.45) is 5.92 Å². The van der Waals surface area contributed by atoms with Gasteiger partial charge in [-0.15, -0.1) is 0 Å². The van der Waals surface area contributed by atoms with Crippen LogP contribution in [0.4, 0.5) is 0 Å². The van der Waals surface area contributed by atoms with Crippen LogP contribution in [0.15, 0.2) is 0 Å². The maximum absolute atomic E-state index is 10.8. The number of carboxylic acids is 1. The highest BCUT2D eigenvalue weighted by atomic mass is 16.4. The molecule has 1 fully saturated rings. The van der Waals surface area contributed by atoms with Crippen molar-refractivity contribution in [3.8, 4) is 0 Å². The summed E-state index contributed by atoms with van der Waals surface area (Å²) in [6.45, 7) is 6.88. The van der Waals surface area contributed by atoms with Crippen LogP contribution in [0.5, 0.6) is 0 Å². The average Bonchev–Trinajstić information content (AvgIpc) is 2.89. The lowest BCUT2D eigenvalue weighted by atomic mass is 10.1. The molecule has 0 radical (unpaired) electrons. The third-order valence-electron chi connectivity index (χ3n) is 3.22. The Labute approximate surface area is 88.9 Å². The zero-order valence-electron chi connectivity index (χ0n) is 9.32. The number of aliphatic carboxylic acids is 1. The normalized spacial score (nSPS) is 24.2. The maximum atomic E-state index is 10.8. The summed E-state index contributed by atoms with van der Waals surface area (Å²) in [6, 6.07) is 0. The molecule has 1 saturated carbocycles. The summed E-state index contributed by atoms with van der Waals surface area (Å²) in [5.74, 6) is -0.664. The van der Waals surface area contributed by atoms with E-state index in [4.69, 9.17) is 5.11 Å². The molecule has 1 aliphatic carbocycles. The van der Waals surface area contributed by atoms with Gasteiger partial charge in [-0.05, 0) is 32.8 Å². The topological polar surface area (TPSA) is 55.1 Å². The van der Waals surface area contributed by atoms with Gasteiger partial charge in [-0.2, -0.15) is 5.10 Å². The Morgan fingerprint density at radius 1 is 1.60 bits per heavy atom. The van der Waals surface area contributed by atoms with E-state index in [0.717, 1.165) is 29.9 Å².